The van der Waals surface area contributed by atoms with Crippen molar-refractivity contribution in [1.82, 2.24) is 15.5 Å². The topological polar surface area (TPSA) is 78.5 Å². The number of piperidine rings is 1. The fourth-order valence-electron chi connectivity index (χ4n) is 4.81. The molecule has 2 amide bonds. The normalized spacial score (nSPS) is 21.0. The summed E-state index contributed by atoms with van der Waals surface area (Å²) in [6.07, 6.45) is -3.77. The van der Waals surface area contributed by atoms with Crippen LogP contribution in [0, 0.1) is 17.7 Å². The smallest absolute Gasteiger partial charge is 0.355 e. The van der Waals surface area contributed by atoms with Crippen LogP contribution in [0.25, 0.3) is 0 Å². The molecule has 10 heteroatoms. The van der Waals surface area contributed by atoms with Gasteiger partial charge in [-0.3, -0.25) is 19.3 Å². The SMILES string of the molecule is CC(C)(C)c1ccc(CC(=O)C(NC(=O)[C@H]2CNC(=O)C2)C2CCN(CC(F)(F)F)CC2)cc1F. The maximum Gasteiger partial charge on any atom is 0.401 e. The van der Waals surface area contributed by atoms with Crippen molar-refractivity contribution in [2.24, 2.45) is 11.8 Å². The number of carbonyl (C=O) groups is 3. The molecule has 0 aromatic heterocycles. The number of Topliss-reactive ketones (excluding diaryl/α,β-unsaturated/α-hetero) is 1. The van der Waals surface area contributed by atoms with Crippen LogP contribution in [-0.2, 0) is 26.2 Å². The van der Waals surface area contributed by atoms with Gasteiger partial charge in [0.25, 0.3) is 0 Å². The summed E-state index contributed by atoms with van der Waals surface area (Å²) in [4.78, 5) is 38.9. The van der Waals surface area contributed by atoms with Gasteiger partial charge < -0.3 is 10.6 Å². The summed E-state index contributed by atoms with van der Waals surface area (Å²) in [5, 5.41) is 5.35. The van der Waals surface area contributed by atoms with Crippen molar-refractivity contribution in [3.8, 4) is 0 Å². The van der Waals surface area contributed by atoms with E-state index in [1.54, 1.807) is 12.1 Å². The standard InChI is InChI=1S/C25H33F4N3O3/c1-24(2,3)18-5-4-15(10-19(18)26)11-20(33)22(31-23(35)17-12-21(34)30-13-17)16-6-8-32(9-7-16)14-25(27,28)29/h4-5,10,16-17,22H,6-9,11-14H2,1-3H3,(H,30,34)(H,31,35)/t17-,22?/m1/s1. The summed E-state index contributed by atoms with van der Waals surface area (Å²) in [5.41, 5.74) is 0.584. The van der Waals surface area contributed by atoms with Crippen LogP contribution < -0.4 is 10.6 Å². The fraction of sp³-hybridized carbons (Fsp3) is 0.640. The Morgan fingerprint density at radius 3 is 2.34 bits per heavy atom. The summed E-state index contributed by atoms with van der Waals surface area (Å²) < 4.78 is 52.9. The van der Waals surface area contributed by atoms with Crippen molar-refractivity contribution in [2.45, 2.75) is 64.1 Å². The molecule has 2 atom stereocenters. The molecule has 194 valence electrons. The first-order valence-corrected chi connectivity index (χ1v) is 11.9. The molecule has 3 rings (SSSR count). The van der Waals surface area contributed by atoms with Gasteiger partial charge in [0, 0.05) is 19.4 Å². The van der Waals surface area contributed by atoms with Crippen LogP contribution in [0.1, 0.15) is 51.2 Å². The van der Waals surface area contributed by atoms with Gasteiger partial charge in [0.1, 0.15) is 5.82 Å². The third-order valence-electron chi connectivity index (χ3n) is 6.72. The van der Waals surface area contributed by atoms with Crippen molar-refractivity contribution >= 4 is 17.6 Å². The molecule has 1 unspecified atom stereocenters. The van der Waals surface area contributed by atoms with Gasteiger partial charge in [0.15, 0.2) is 5.78 Å². The van der Waals surface area contributed by atoms with Gasteiger partial charge in [-0.15, -0.1) is 0 Å². The average Bonchev–Trinajstić information content (AvgIpc) is 3.17. The van der Waals surface area contributed by atoms with Crippen molar-refractivity contribution in [3.05, 3.63) is 35.1 Å². The van der Waals surface area contributed by atoms with E-state index in [9.17, 15) is 31.9 Å². The first kappa shape index (κ1) is 27.1. The van der Waals surface area contributed by atoms with Gasteiger partial charge in [0.05, 0.1) is 18.5 Å². The van der Waals surface area contributed by atoms with E-state index >= 15 is 0 Å². The predicted molar refractivity (Wildman–Crippen MR) is 122 cm³/mol. The van der Waals surface area contributed by atoms with Crippen LogP contribution in [0.4, 0.5) is 17.6 Å². The molecule has 2 heterocycles. The van der Waals surface area contributed by atoms with E-state index in [0.29, 0.717) is 24.0 Å². The van der Waals surface area contributed by atoms with E-state index in [4.69, 9.17) is 0 Å². The fourth-order valence-corrected chi connectivity index (χ4v) is 4.81. The Morgan fingerprint density at radius 1 is 1.17 bits per heavy atom. The highest BCUT2D eigenvalue weighted by Gasteiger charge is 2.38. The molecule has 2 fully saturated rings. The number of ketones is 1. The first-order chi connectivity index (χ1) is 16.2. The van der Waals surface area contributed by atoms with E-state index in [2.05, 4.69) is 10.6 Å². The molecule has 6 nitrogen and oxygen atoms in total. The molecule has 2 N–H and O–H groups in total. The number of hydrogen-bond acceptors (Lipinski definition) is 4. The van der Waals surface area contributed by atoms with Crippen molar-refractivity contribution in [1.29, 1.82) is 0 Å². The number of halogens is 4. The van der Waals surface area contributed by atoms with Crippen LogP contribution >= 0.6 is 0 Å². The Morgan fingerprint density at radius 2 is 1.83 bits per heavy atom. The number of nitrogens with one attached hydrogen (secondary N) is 2. The van der Waals surface area contributed by atoms with E-state index in [1.807, 2.05) is 20.8 Å². The van der Waals surface area contributed by atoms with Crippen LogP contribution in [0.5, 0.6) is 0 Å². The minimum absolute atomic E-state index is 0.0241. The molecule has 1 aromatic rings. The van der Waals surface area contributed by atoms with Crippen molar-refractivity contribution in [3.63, 3.8) is 0 Å². The number of likely N-dealkylation sites (tertiary alicyclic amines) is 1. The molecular weight excluding hydrogens is 466 g/mol. The third-order valence-corrected chi connectivity index (χ3v) is 6.72. The second-order valence-corrected chi connectivity index (χ2v) is 10.6. The molecule has 1 aromatic carbocycles. The van der Waals surface area contributed by atoms with Gasteiger partial charge in [0.2, 0.25) is 11.8 Å². The lowest BCUT2D eigenvalue weighted by Gasteiger charge is -2.36. The molecule has 0 spiro atoms. The second kappa shape index (κ2) is 10.6. The molecule has 2 saturated heterocycles. The van der Waals surface area contributed by atoms with E-state index in [1.165, 1.54) is 11.0 Å². The van der Waals surface area contributed by atoms with Crippen LogP contribution in [0.3, 0.4) is 0 Å². The highest BCUT2D eigenvalue weighted by molar-refractivity contribution is 5.94. The number of benzene rings is 1. The number of hydrogen-bond donors (Lipinski definition) is 2. The van der Waals surface area contributed by atoms with Gasteiger partial charge in [-0.1, -0.05) is 32.9 Å². The maximum absolute atomic E-state index is 14.7. The number of alkyl halides is 3. The zero-order valence-corrected chi connectivity index (χ0v) is 20.3. The highest BCUT2D eigenvalue weighted by atomic mass is 19.4. The quantitative estimate of drug-likeness (QED) is 0.565. The lowest BCUT2D eigenvalue weighted by atomic mass is 9.83. The monoisotopic (exact) mass is 499 g/mol. The number of carbonyl (C=O) groups excluding carboxylic acids is 3. The molecular formula is C25H33F4N3O3. The summed E-state index contributed by atoms with van der Waals surface area (Å²) in [7, 11) is 0. The van der Waals surface area contributed by atoms with Crippen LogP contribution in [0.15, 0.2) is 18.2 Å². The van der Waals surface area contributed by atoms with Gasteiger partial charge in [-0.05, 0) is 54.5 Å². The second-order valence-electron chi connectivity index (χ2n) is 10.6. The van der Waals surface area contributed by atoms with Gasteiger partial charge >= 0.3 is 6.18 Å². The molecule has 2 aliphatic rings. The van der Waals surface area contributed by atoms with E-state index in [-0.39, 0.29) is 50.1 Å². The summed E-state index contributed by atoms with van der Waals surface area (Å²) in [6, 6.07) is 3.74. The lowest BCUT2D eigenvalue weighted by Crippen LogP contribution is -2.52. The van der Waals surface area contributed by atoms with E-state index < -0.39 is 41.8 Å². The largest absolute Gasteiger partial charge is 0.401 e. The first-order valence-electron chi connectivity index (χ1n) is 11.9. The Balaban J connectivity index is 1.73. The third kappa shape index (κ3) is 7.49. The zero-order valence-electron chi connectivity index (χ0n) is 20.3. The van der Waals surface area contributed by atoms with Crippen molar-refractivity contribution < 1.29 is 31.9 Å². The molecule has 0 radical (unpaired) electrons. The maximum atomic E-state index is 14.7. The molecule has 0 aliphatic carbocycles. The van der Waals surface area contributed by atoms with Crippen molar-refractivity contribution in [2.75, 3.05) is 26.2 Å². The minimum Gasteiger partial charge on any atom is -0.355 e. The Labute approximate surface area is 202 Å². The molecule has 0 bridgehead atoms. The highest BCUT2D eigenvalue weighted by Crippen LogP contribution is 2.28. The molecule has 35 heavy (non-hydrogen) atoms. The van der Waals surface area contributed by atoms with Crippen LogP contribution in [-0.4, -0.2) is 60.9 Å². The summed E-state index contributed by atoms with van der Waals surface area (Å²) in [5.74, 6) is -2.38. The lowest BCUT2D eigenvalue weighted by molar-refractivity contribution is -0.149. The Hall–Kier alpha value is -2.49. The van der Waals surface area contributed by atoms with Crippen LogP contribution in [0.2, 0.25) is 0 Å². The zero-order chi connectivity index (χ0) is 26.0. The molecule has 2 aliphatic heterocycles. The summed E-state index contributed by atoms with van der Waals surface area (Å²) >= 11 is 0. The average molecular weight is 500 g/mol. The number of nitrogens with zero attached hydrogens (tertiary/aromatic N) is 1. The summed E-state index contributed by atoms with van der Waals surface area (Å²) in [6.45, 7) is 5.13. The predicted octanol–water partition coefficient (Wildman–Crippen LogP) is 3.13. The molecule has 0 saturated carbocycles. The number of amides is 2. The Bertz CT molecular complexity index is 950. The van der Waals surface area contributed by atoms with Gasteiger partial charge in [-0.25, -0.2) is 4.39 Å². The number of rotatable bonds is 7. The Kier molecular flexibility index (Phi) is 8.24. The van der Waals surface area contributed by atoms with E-state index in [0.717, 1.165) is 0 Å². The van der Waals surface area contributed by atoms with Gasteiger partial charge in [-0.2, -0.15) is 13.2 Å². The minimum atomic E-state index is -4.30.